The number of aryl methyl sites for hydroxylation is 1. The van der Waals surface area contributed by atoms with Crippen LogP contribution in [0.4, 0.5) is 17.6 Å². The third-order valence-corrected chi connectivity index (χ3v) is 3.43. The fourth-order valence-corrected chi connectivity index (χ4v) is 2.08. The number of anilines is 3. The molecule has 0 unspecified atom stereocenters. The number of hydrogen-bond donors (Lipinski definition) is 3. The van der Waals surface area contributed by atoms with Crippen LogP contribution >= 0.6 is 11.6 Å². The first-order valence-electron chi connectivity index (χ1n) is 7.22. The van der Waals surface area contributed by atoms with Gasteiger partial charge >= 0.3 is 0 Å². The van der Waals surface area contributed by atoms with Gasteiger partial charge in [0.05, 0.1) is 18.4 Å². The number of halogens is 1. The van der Waals surface area contributed by atoms with E-state index in [4.69, 9.17) is 11.6 Å². The Kier molecular flexibility index (Phi) is 4.68. The Balaban J connectivity index is 1.71. The Hall–Kier alpha value is -2.67. The summed E-state index contributed by atoms with van der Waals surface area (Å²) in [6.07, 6.45) is 4.17. The van der Waals surface area contributed by atoms with Crippen molar-refractivity contribution in [3.05, 3.63) is 53.1 Å². The van der Waals surface area contributed by atoms with Crippen molar-refractivity contribution in [2.45, 2.75) is 19.9 Å². The molecule has 7 nitrogen and oxygen atoms in total. The van der Waals surface area contributed by atoms with Gasteiger partial charge in [-0.15, -0.1) is 0 Å². The molecule has 0 aromatic carbocycles. The molecule has 0 spiro atoms. The van der Waals surface area contributed by atoms with Crippen molar-refractivity contribution >= 4 is 29.2 Å². The molecule has 3 heterocycles. The van der Waals surface area contributed by atoms with E-state index in [9.17, 15) is 0 Å². The smallest absolute Gasteiger partial charge is 0.225 e. The highest BCUT2D eigenvalue weighted by atomic mass is 35.5. The van der Waals surface area contributed by atoms with Gasteiger partial charge in [-0.3, -0.25) is 10.1 Å². The number of rotatable bonds is 6. The highest BCUT2D eigenvalue weighted by Gasteiger charge is 2.08. The Morgan fingerprint density at radius 1 is 1.26 bits per heavy atom. The van der Waals surface area contributed by atoms with Crippen molar-refractivity contribution in [2.75, 3.05) is 10.6 Å². The number of nitrogens with one attached hydrogen (secondary N) is 3. The number of nitrogens with zero attached hydrogens (tertiary/aromatic N) is 4. The van der Waals surface area contributed by atoms with Crippen LogP contribution in [0.1, 0.15) is 18.3 Å². The van der Waals surface area contributed by atoms with E-state index in [0.29, 0.717) is 29.2 Å². The highest BCUT2D eigenvalue weighted by molar-refractivity contribution is 6.32. The average molecular weight is 330 g/mol. The van der Waals surface area contributed by atoms with Crippen molar-refractivity contribution in [1.82, 2.24) is 25.1 Å². The van der Waals surface area contributed by atoms with Crippen molar-refractivity contribution in [3.63, 3.8) is 0 Å². The minimum Gasteiger partial charge on any atom is -0.349 e. The van der Waals surface area contributed by atoms with Crippen molar-refractivity contribution < 1.29 is 0 Å². The maximum absolute atomic E-state index is 6.14. The van der Waals surface area contributed by atoms with E-state index in [2.05, 4.69) is 42.7 Å². The summed E-state index contributed by atoms with van der Waals surface area (Å²) < 4.78 is 0. The summed E-state index contributed by atoms with van der Waals surface area (Å²) in [6, 6.07) is 7.65. The van der Waals surface area contributed by atoms with E-state index in [-0.39, 0.29) is 0 Å². The van der Waals surface area contributed by atoms with Crippen LogP contribution < -0.4 is 10.6 Å². The maximum Gasteiger partial charge on any atom is 0.225 e. The first-order valence-corrected chi connectivity index (χ1v) is 7.60. The lowest BCUT2D eigenvalue weighted by Gasteiger charge is -2.08. The fourth-order valence-electron chi connectivity index (χ4n) is 1.94. The Labute approximate surface area is 138 Å². The topological polar surface area (TPSA) is 91.4 Å². The van der Waals surface area contributed by atoms with E-state index in [0.717, 1.165) is 17.8 Å². The standard InChI is InChI=1S/C15H16ClN7/c1-2-10-7-13(23-22-10)20-14-12(16)9-19-15(21-14)18-8-11-5-3-4-6-17-11/h3-7,9H,2,8H2,1H3,(H3,18,19,20,21,22,23). The molecule has 0 fully saturated rings. The number of aromatic amines is 1. The fraction of sp³-hybridized carbons (Fsp3) is 0.200. The van der Waals surface area contributed by atoms with Crippen LogP contribution in [0.3, 0.4) is 0 Å². The average Bonchev–Trinajstić information content (AvgIpc) is 3.04. The molecule has 0 aliphatic rings. The van der Waals surface area contributed by atoms with E-state index in [1.165, 1.54) is 0 Å². The molecule has 118 valence electrons. The summed E-state index contributed by atoms with van der Waals surface area (Å²) in [6.45, 7) is 2.58. The van der Waals surface area contributed by atoms with Crippen molar-refractivity contribution in [3.8, 4) is 0 Å². The molecule has 0 saturated carbocycles. The third-order valence-electron chi connectivity index (χ3n) is 3.16. The Morgan fingerprint density at radius 3 is 2.91 bits per heavy atom. The van der Waals surface area contributed by atoms with Crippen molar-refractivity contribution in [1.29, 1.82) is 0 Å². The molecular weight excluding hydrogens is 314 g/mol. The number of pyridine rings is 1. The molecule has 0 radical (unpaired) electrons. The van der Waals surface area contributed by atoms with Gasteiger partial charge in [-0.05, 0) is 18.6 Å². The lowest BCUT2D eigenvalue weighted by atomic mass is 10.3. The summed E-state index contributed by atoms with van der Waals surface area (Å²) in [4.78, 5) is 12.8. The number of H-pyrrole nitrogens is 1. The SMILES string of the molecule is CCc1cc(Nc2nc(NCc3ccccn3)ncc2Cl)n[nH]1. The van der Waals surface area contributed by atoms with Crippen molar-refractivity contribution in [2.24, 2.45) is 0 Å². The van der Waals surface area contributed by atoms with Gasteiger partial charge in [0.25, 0.3) is 0 Å². The molecule has 23 heavy (non-hydrogen) atoms. The maximum atomic E-state index is 6.14. The van der Waals surface area contributed by atoms with Gasteiger partial charge in [0.15, 0.2) is 11.6 Å². The van der Waals surface area contributed by atoms with Gasteiger partial charge in [-0.1, -0.05) is 24.6 Å². The Morgan fingerprint density at radius 2 is 2.17 bits per heavy atom. The predicted molar refractivity (Wildman–Crippen MR) is 89.9 cm³/mol. The molecule has 0 atom stereocenters. The zero-order chi connectivity index (χ0) is 16.1. The summed E-state index contributed by atoms with van der Waals surface area (Å²) in [5.41, 5.74) is 1.94. The highest BCUT2D eigenvalue weighted by Crippen LogP contribution is 2.23. The lowest BCUT2D eigenvalue weighted by molar-refractivity contribution is 0.974. The van der Waals surface area contributed by atoms with Crippen LogP contribution in [0.15, 0.2) is 36.7 Å². The largest absolute Gasteiger partial charge is 0.349 e. The molecule has 0 aliphatic heterocycles. The summed E-state index contributed by atoms with van der Waals surface area (Å²) in [5.74, 6) is 1.63. The van der Waals surface area contributed by atoms with Gasteiger partial charge in [0.2, 0.25) is 5.95 Å². The van der Waals surface area contributed by atoms with Crippen LogP contribution in [0.25, 0.3) is 0 Å². The molecule has 0 amide bonds. The van der Waals surface area contributed by atoms with E-state index in [1.54, 1.807) is 12.4 Å². The predicted octanol–water partition coefficient (Wildman–Crippen LogP) is 3.17. The summed E-state index contributed by atoms with van der Waals surface area (Å²) in [7, 11) is 0. The van der Waals surface area contributed by atoms with E-state index >= 15 is 0 Å². The second-order valence-corrected chi connectivity index (χ2v) is 5.23. The second-order valence-electron chi connectivity index (χ2n) is 4.82. The second kappa shape index (κ2) is 7.06. The zero-order valence-electron chi connectivity index (χ0n) is 12.5. The molecular formula is C15H16ClN7. The molecule has 3 aromatic rings. The molecule has 0 aliphatic carbocycles. The lowest BCUT2D eigenvalue weighted by Crippen LogP contribution is -2.06. The van der Waals surface area contributed by atoms with E-state index in [1.807, 2.05) is 24.3 Å². The zero-order valence-corrected chi connectivity index (χ0v) is 13.3. The first kappa shape index (κ1) is 15.2. The summed E-state index contributed by atoms with van der Waals surface area (Å²) >= 11 is 6.14. The summed E-state index contributed by atoms with van der Waals surface area (Å²) in [5, 5.41) is 13.7. The van der Waals surface area contributed by atoms with Crippen LogP contribution in [0.5, 0.6) is 0 Å². The monoisotopic (exact) mass is 329 g/mol. The minimum atomic E-state index is 0.425. The third kappa shape index (κ3) is 3.95. The van der Waals surface area contributed by atoms with E-state index < -0.39 is 0 Å². The molecule has 3 N–H and O–H groups in total. The molecule has 8 heteroatoms. The first-order chi connectivity index (χ1) is 11.2. The van der Waals surface area contributed by atoms with Crippen LogP contribution in [0, 0.1) is 0 Å². The van der Waals surface area contributed by atoms with Crippen LogP contribution in [-0.2, 0) is 13.0 Å². The van der Waals surface area contributed by atoms with Crippen LogP contribution in [-0.4, -0.2) is 25.1 Å². The Bertz CT molecular complexity index is 773. The van der Waals surface area contributed by atoms with Gasteiger partial charge in [0.1, 0.15) is 5.02 Å². The molecule has 0 bridgehead atoms. The van der Waals surface area contributed by atoms with Gasteiger partial charge in [0, 0.05) is 18.0 Å². The van der Waals surface area contributed by atoms with Gasteiger partial charge < -0.3 is 10.6 Å². The van der Waals surface area contributed by atoms with Gasteiger partial charge in [-0.2, -0.15) is 10.1 Å². The quantitative estimate of drug-likeness (QED) is 0.643. The molecule has 0 saturated heterocycles. The normalized spacial score (nSPS) is 10.5. The number of aromatic nitrogens is 5. The molecule has 3 rings (SSSR count). The minimum absolute atomic E-state index is 0.425. The number of hydrogen-bond acceptors (Lipinski definition) is 6. The van der Waals surface area contributed by atoms with Crippen LogP contribution in [0.2, 0.25) is 5.02 Å². The van der Waals surface area contributed by atoms with Gasteiger partial charge in [-0.25, -0.2) is 4.98 Å². The molecule has 3 aromatic heterocycles.